The van der Waals surface area contributed by atoms with Gasteiger partial charge in [-0.15, -0.1) is 0 Å². The Kier molecular flexibility index (Phi) is 3.81. The van der Waals surface area contributed by atoms with Crippen LogP contribution < -0.4 is 5.32 Å². The van der Waals surface area contributed by atoms with E-state index in [1.165, 1.54) is 24.0 Å². The average Bonchev–Trinajstić information content (AvgIpc) is 3.27. The second kappa shape index (κ2) is 5.72. The van der Waals surface area contributed by atoms with Crippen LogP contribution in [0.2, 0.25) is 5.02 Å². The third kappa shape index (κ3) is 3.34. The van der Waals surface area contributed by atoms with Crippen molar-refractivity contribution in [3.63, 3.8) is 0 Å². The van der Waals surface area contributed by atoms with Gasteiger partial charge in [-0.1, -0.05) is 23.7 Å². The molecule has 0 radical (unpaired) electrons. The smallest absolute Gasteiger partial charge is 0.0406 e. The van der Waals surface area contributed by atoms with Gasteiger partial charge in [-0.3, -0.25) is 4.98 Å². The Morgan fingerprint density at radius 2 is 1.79 bits per heavy atom. The van der Waals surface area contributed by atoms with Crippen LogP contribution in [0.15, 0.2) is 48.8 Å². The maximum atomic E-state index is 5.96. The van der Waals surface area contributed by atoms with Crippen molar-refractivity contribution in [3.05, 3.63) is 64.9 Å². The number of nitrogens with zero attached hydrogens (tertiary/aromatic N) is 1. The molecule has 1 aromatic carbocycles. The molecule has 0 amide bonds. The highest BCUT2D eigenvalue weighted by atomic mass is 35.5. The van der Waals surface area contributed by atoms with E-state index in [0.717, 1.165) is 17.5 Å². The van der Waals surface area contributed by atoms with Gasteiger partial charge in [-0.25, -0.2) is 0 Å². The lowest BCUT2D eigenvalue weighted by atomic mass is 10.0. The van der Waals surface area contributed by atoms with Gasteiger partial charge in [0, 0.05) is 30.0 Å². The highest BCUT2D eigenvalue weighted by Gasteiger charge is 2.31. The van der Waals surface area contributed by atoms with Crippen molar-refractivity contribution in [2.45, 2.75) is 25.4 Å². The van der Waals surface area contributed by atoms with Gasteiger partial charge in [0.25, 0.3) is 0 Å². The van der Waals surface area contributed by atoms with E-state index in [4.69, 9.17) is 11.6 Å². The molecule has 0 spiro atoms. The molecule has 2 aromatic rings. The quantitative estimate of drug-likeness (QED) is 0.891. The summed E-state index contributed by atoms with van der Waals surface area (Å²) in [6, 6.07) is 12.7. The molecule has 98 valence electrons. The molecular weight excluding hydrogens is 256 g/mol. The molecule has 0 saturated heterocycles. The summed E-state index contributed by atoms with van der Waals surface area (Å²) in [6.45, 7) is 0.881. The second-order valence-electron chi connectivity index (χ2n) is 5.10. The SMILES string of the molecule is Clc1ccc(C(NCc2ccncc2)C2CC2)cc1. The molecule has 0 aliphatic heterocycles. The first-order valence-corrected chi connectivity index (χ1v) is 7.08. The van der Waals surface area contributed by atoms with Gasteiger partial charge in [0.1, 0.15) is 0 Å². The van der Waals surface area contributed by atoms with Crippen LogP contribution in [0, 0.1) is 5.92 Å². The zero-order valence-electron chi connectivity index (χ0n) is 10.7. The summed E-state index contributed by atoms with van der Waals surface area (Å²) in [5.74, 6) is 0.767. The first kappa shape index (κ1) is 12.6. The summed E-state index contributed by atoms with van der Waals surface area (Å²) in [6.07, 6.45) is 6.31. The molecule has 0 bridgehead atoms. The van der Waals surface area contributed by atoms with Gasteiger partial charge >= 0.3 is 0 Å². The third-order valence-electron chi connectivity index (χ3n) is 3.60. The fraction of sp³-hybridized carbons (Fsp3) is 0.312. The summed E-state index contributed by atoms with van der Waals surface area (Å²) < 4.78 is 0. The summed E-state index contributed by atoms with van der Waals surface area (Å²) >= 11 is 5.96. The summed E-state index contributed by atoms with van der Waals surface area (Å²) in [5, 5.41) is 4.46. The molecule has 1 unspecified atom stereocenters. The van der Waals surface area contributed by atoms with E-state index in [2.05, 4.69) is 34.6 Å². The van der Waals surface area contributed by atoms with Crippen LogP contribution in [0.3, 0.4) is 0 Å². The van der Waals surface area contributed by atoms with Crippen molar-refractivity contribution >= 4 is 11.6 Å². The van der Waals surface area contributed by atoms with E-state index in [1.807, 2.05) is 24.5 Å². The van der Waals surface area contributed by atoms with Crippen molar-refractivity contribution < 1.29 is 0 Å². The first-order valence-electron chi connectivity index (χ1n) is 6.71. The van der Waals surface area contributed by atoms with Gasteiger partial charge in [0.05, 0.1) is 0 Å². The highest BCUT2D eigenvalue weighted by Crippen LogP contribution is 2.41. The molecule has 1 heterocycles. The second-order valence-corrected chi connectivity index (χ2v) is 5.54. The van der Waals surface area contributed by atoms with E-state index in [1.54, 1.807) is 0 Å². The van der Waals surface area contributed by atoms with Crippen LogP contribution in [0.5, 0.6) is 0 Å². The number of halogens is 1. The molecule has 1 aromatic heterocycles. The van der Waals surface area contributed by atoms with Gasteiger partial charge in [0.15, 0.2) is 0 Å². The van der Waals surface area contributed by atoms with E-state index < -0.39 is 0 Å². The van der Waals surface area contributed by atoms with Crippen molar-refractivity contribution in [3.8, 4) is 0 Å². The lowest BCUT2D eigenvalue weighted by Gasteiger charge is -2.19. The Bertz CT molecular complexity index is 520. The molecule has 1 atom stereocenters. The van der Waals surface area contributed by atoms with Crippen LogP contribution in [0.4, 0.5) is 0 Å². The van der Waals surface area contributed by atoms with Gasteiger partial charge in [-0.05, 0) is 54.2 Å². The molecule has 1 aliphatic carbocycles. The number of nitrogens with one attached hydrogen (secondary N) is 1. The Balaban J connectivity index is 1.69. The Morgan fingerprint density at radius 1 is 1.11 bits per heavy atom. The van der Waals surface area contributed by atoms with Crippen LogP contribution in [0.25, 0.3) is 0 Å². The van der Waals surface area contributed by atoms with Crippen LogP contribution in [0.1, 0.15) is 30.0 Å². The predicted octanol–water partition coefficient (Wildman–Crippen LogP) is 3.98. The number of rotatable bonds is 5. The van der Waals surface area contributed by atoms with E-state index >= 15 is 0 Å². The van der Waals surface area contributed by atoms with Gasteiger partial charge in [-0.2, -0.15) is 0 Å². The van der Waals surface area contributed by atoms with Crippen LogP contribution in [-0.2, 0) is 6.54 Å². The molecule has 3 heteroatoms. The fourth-order valence-electron chi connectivity index (χ4n) is 2.38. The first-order chi connectivity index (χ1) is 9.33. The molecular formula is C16H17ClN2. The predicted molar refractivity (Wildman–Crippen MR) is 78.0 cm³/mol. The minimum absolute atomic E-state index is 0.436. The van der Waals surface area contributed by atoms with E-state index in [-0.39, 0.29) is 0 Å². The van der Waals surface area contributed by atoms with Gasteiger partial charge in [0.2, 0.25) is 0 Å². The Labute approximate surface area is 118 Å². The summed E-state index contributed by atoms with van der Waals surface area (Å²) in [5.41, 5.74) is 2.61. The molecule has 2 nitrogen and oxygen atoms in total. The number of benzene rings is 1. The molecule has 1 N–H and O–H groups in total. The van der Waals surface area contributed by atoms with Crippen molar-refractivity contribution in [1.29, 1.82) is 0 Å². The summed E-state index contributed by atoms with van der Waals surface area (Å²) in [4.78, 5) is 4.05. The number of hydrogen-bond acceptors (Lipinski definition) is 2. The zero-order chi connectivity index (χ0) is 13.1. The number of hydrogen-bond donors (Lipinski definition) is 1. The molecule has 19 heavy (non-hydrogen) atoms. The minimum atomic E-state index is 0.436. The van der Waals surface area contributed by atoms with Crippen molar-refractivity contribution in [1.82, 2.24) is 10.3 Å². The third-order valence-corrected chi connectivity index (χ3v) is 3.85. The monoisotopic (exact) mass is 272 g/mol. The van der Waals surface area contributed by atoms with Crippen LogP contribution >= 0.6 is 11.6 Å². The largest absolute Gasteiger partial charge is 0.306 e. The zero-order valence-corrected chi connectivity index (χ0v) is 11.5. The Hall–Kier alpha value is -1.38. The maximum absolute atomic E-state index is 5.96. The highest BCUT2D eigenvalue weighted by molar-refractivity contribution is 6.30. The van der Waals surface area contributed by atoms with Gasteiger partial charge < -0.3 is 5.32 Å². The molecule has 3 rings (SSSR count). The standard InChI is InChI=1S/C16H17ClN2/c17-15-5-3-14(4-6-15)16(13-1-2-13)19-11-12-7-9-18-10-8-12/h3-10,13,16,19H,1-2,11H2. The Morgan fingerprint density at radius 3 is 2.42 bits per heavy atom. The summed E-state index contributed by atoms with van der Waals surface area (Å²) in [7, 11) is 0. The number of aromatic nitrogens is 1. The fourth-order valence-corrected chi connectivity index (χ4v) is 2.51. The molecule has 1 fully saturated rings. The normalized spacial score (nSPS) is 16.3. The van der Waals surface area contributed by atoms with E-state index in [0.29, 0.717) is 6.04 Å². The van der Waals surface area contributed by atoms with Crippen molar-refractivity contribution in [2.24, 2.45) is 5.92 Å². The van der Waals surface area contributed by atoms with Crippen molar-refractivity contribution in [2.75, 3.05) is 0 Å². The van der Waals surface area contributed by atoms with E-state index in [9.17, 15) is 0 Å². The lowest BCUT2D eigenvalue weighted by molar-refractivity contribution is 0.480. The number of pyridine rings is 1. The molecule has 1 saturated carbocycles. The average molecular weight is 273 g/mol. The van der Waals surface area contributed by atoms with Crippen LogP contribution in [-0.4, -0.2) is 4.98 Å². The topological polar surface area (TPSA) is 24.9 Å². The minimum Gasteiger partial charge on any atom is -0.306 e. The lowest BCUT2D eigenvalue weighted by Crippen LogP contribution is -2.22. The maximum Gasteiger partial charge on any atom is 0.0406 e. The molecule has 1 aliphatic rings.